The summed E-state index contributed by atoms with van der Waals surface area (Å²) in [5.74, 6) is 0.999. The molecule has 41 heavy (non-hydrogen) atoms. The van der Waals surface area contributed by atoms with Crippen LogP contribution in [0.5, 0.6) is 5.75 Å². The third kappa shape index (κ3) is 6.96. The van der Waals surface area contributed by atoms with Gasteiger partial charge < -0.3 is 5.11 Å². The van der Waals surface area contributed by atoms with Gasteiger partial charge in [0.25, 0.3) is 0 Å². The molecule has 3 rings (SSSR count). The number of rotatable bonds is 4. The number of phenolic OH excluding ortho intramolecular Hbond substituents is 1. The van der Waals surface area contributed by atoms with Crippen molar-refractivity contribution in [1.29, 1.82) is 0 Å². The Hall–Kier alpha value is -2.87. The predicted molar refractivity (Wildman–Crippen MR) is 177 cm³/mol. The summed E-state index contributed by atoms with van der Waals surface area (Å²) in [5.41, 5.74) is 8.05. The van der Waals surface area contributed by atoms with Gasteiger partial charge in [0.15, 0.2) is 5.78 Å². The molecule has 0 aliphatic heterocycles. The van der Waals surface area contributed by atoms with Crippen molar-refractivity contribution in [2.45, 2.75) is 120 Å². The third-order valence-electron chi connectivity index (χ3n) is 8.39. The van der Waals surface area contributed by atoms with Crippen molar-refractivity contribution >= 4 is 11.4 Å². The standard InChI is InChI=1S/C39H54O2/c1-15-24(2)25-16-18-26(19-17-25)33(27-20-29(36(3,4)5)34(40)30(21-27)37(6,7)8)28-22-31(38(9,10)11)35(41)32(23-28)39(12,13)14/h16-24,40H,15H2,1-14H3. The van der Waals surface area contributed by atoms with Gasteiger partial charge in [0.1, 0.15) is 5.75 Å². The zero-order valence-corrected chi connectivity index (χ0v) is 28.3. The van der Waals surface area contributed by atoms with E-state index in [1.807, 2.05) is 0 Å². The average molecular weight is 555 g/mol. The van der Waals surface area contributed by atoms with Gasteiger partial charge in [0.05, 0.1) is 0 Å². The van der Waals surface area contributed by atoms with Gasteiger partial charge in [0.2, 0.25) is 0 Å². The van der Waals surface area contributed by atoms with Crippen molar-refractivity contribution in [3.63, 3.8) is 0 Å². The van der Waals surface area contributed by atoms with Crippen molar-refractivity contribution in [3.8, 4) is 5.75 Å². The molecular weight excluding hydrogens is 500 g/mol. The Kier molecular flexibility index (Phi) is 8.82. The van der Waals surface area contributed by atoms with Crippen LogP contribution in [0, 0.1) is 10.8 Å². The van der Waals surface area contributed by atoms with Crippen LogP contribution in [-0.4, -0.2) is 10.9 Å². The molecule has 222 valence electrons. The lowest BCUT2D eigenvalue weighted by Crippen LogP contribution is -2.28. The summed E-state index contributed by atoms with van der Waals surface area (Å²) in [7, 11) is 0. The van der Waals surface area contributed by atoms with E-state index in [2.05, 4.69) is 145 Å². The highest BCUT2D eigenvalue weighted by Crippen LogP contribution is 2.45. The second-order valence-electron chi connectivity index (χ2n) is 16.1. The maximum atomic E-state index is 13.8. The Morgan fingerprint density at radius 1 is 0.683 bits per heavy atom. The van der Waals surface area contributed by atoms with E-state index < -0.39 is 0 Å². The summed E-state index contributed by atoms with van der Waals surface area (Å²) in [6.45, 7) is 30.1. The quantitative estimate of drug-likeness (QED) is 0.408. The van der Waals surface area contributed by atoms with Crippen molar-refractivity contribution in [2.75, 3.05) is 0 Å². The van der Waals surface area contributed by atoms with Gasteiger partial charge in [-0.05, 0) is 86.1 Å². The van der Waals surface area contributed by atoms with Crippen LogP contribution in [0.2, 0.25) is 0 Å². The first-order chi connectivity index (χ1) is 18.6. The van der Waals surface area contributed by atoms with E-state index in [-0.39, 0.29) is 27.4 Å². The van der Waals surface area contributed by atoms with Crippen LogP contribution >= 0.6 is 0 Å². The van der Waals surface area contributed by atoms with Gasteiger partial charge in [-0.3, -0.25) is 4.79 Å². The molecule has 0 saturated heterocycles. The fourth-order valence-corrected chi connectivity index (χ4v) is 5.52. The number of allylic oxidation sites excluding steroid dienone is 5. The molecule has 1 N–H and O–H groups in total. The molecular formula is C39H54O2. The largest absolute Gasteiger partial charge is 0.507 e. The molecule has 1 aliphatic carbocycles. The van der Waals surface area contributed by atoms with Crippen molar-refractivity contribution in [3.05, 3.63) is 93.1 Å². The highest BCUT2D eigenvalue weighted by Gasteiger charge is 2.35. The maximum Gasteiger partial charge on any atom is 0.186 e. The van der Waals surface area contributed by atoms with Crippen LogP contribution in [0.3, 0.4) is 0 Å². The molecule has 0 fully saturated rings. The van der Waals surface area contributed by atoms with E-state index in [0.717, 1.165) is 51.0 Å². The van der Waals surface area contributed by atoms with E-state index in [1.165, 1.54) is 5.56 Å². The lowest BCUT2D eigenvalue weighted by molar-refractivity contribution is -0.114. The molecule has 0 amide bonds. The minimum absolute atomic E-state index is 0.136. The summed E-state index contributed by atoms with van der Waals surface area (Å²) >= 11 is 0. The molecule has 0 spiro atoms. The average Bonchev–Trinajstić information content (AvgIpc) is 2.82. The summed E-state index contributed by atoms with van der Waals surface area (Å²) in [6, 6.07) is 13.3. The van der Waals surface area contributed by atoms with E-state index in [9.17, 15) is 9.90 Å². The van der Waals surface area contributed by atoms with E-state index in [4.69, 9.17) is 0 Å². The van der Waals surface area contributed by atoms with Gasteiger partial charge >= 0.3 is 0 Å². The smallest absolute Gasteiger partial charge is 0.186 e. The van der Waals surface area contributed by atoms with Crippen LogP contribution in [0.25, 0.3) is 5.57 Å². The minimum Gasteiger partial charge on any atom is -0.507 e. The maximum absolute atomic E-state index is 13.8. The molecule has 2 heteroatoms. The Morgan fingerprint density at radius 3 is 1.44 bits per heavy atom. The number of ketones is 1. The number of benzene rings is 2. The second-order valence-corrected chi connectivity index (χ2v) is 16.1. The number of aromatic hydroxyl groups is 1. The van der Waals surface area contributed by atoms with Gasteiger partial charge in [-0.25, -0.2) is 0 Å². The number of carbonyl (C=O) groups excluding carboxylic acids is 1. The first-order valence-corrected chi connectivity index (χ1v) is 15.3. The lowest BCUT2D eigenvalue weighted by atomic mass is 9.70. The van der Waals surface area contributed by atoms with Gasteiger partial charge in [-0.1, -0.05) is 121 Å². The van der Waals surface area contributed by atoms with E-state index in [1.54, 1.807) is 0 Å². The molecule has 1 atom stereocenters. The first kappa shape index (κ1) is 32.6. The number of hydrogen-bond donors (Lipinski definition) is 1. The van der Waals surface area contributed by atoms with Gasteiger partial charge in [0, 0.05) is 22.3 Å². The Morgan fingerprint density at radius 2 is 1.10 bits per heavy atom. The highest BCUT2D eigenvalue weighted by molar-refractivity contribution is 6.12. The molecule has 0 radical (unpaired) electrons. The summed E-state index contributed by atoms with van der Waals surface area (Å²) in [5, 5.41) is 11.5. The summed E-state index contributed by atoms with van der Waals surface area (Å²) in [4.78, 5) is 13.8. The SMILES string of the molecule is CCC(C)c1ccc(C(=C2C=C(C(C)(C)C)C(=O)C(C(C)(C)C)=C2)c2cc(C(C)(C)C)c(O)c(C(C)(C)C)c2)cc1. The van der Waals surface area contributed by atoms with Crippen molar-refractivity contribution < 1.29 is 9.90 Å². The molecule has 2 aromatic carbocycles. The molecule has 2 nitrogen and oxygen atoms in total. The number of Topliss-reactive ketones (excluding diaryl/α,β-unsaturated/α-hetero) is 1. The molecule has 1 unspecified atom stereocenters. The first-order valence-electron chi connectivity index (χ1n) is 15.3. The minimum atomic E-state index is -0.305. The normalized spacial score (nSPS) is 16.0. The van der Waals surface area contributed by atoms with Crippen LogP contribution in [0.1, 0.15) is 137 Å². The Balaban J connectivity index is 2.56. The van der Waals surface area contributed by atoms with Gasteiger partial charge in [-0.2, -0.15) is 0 Å². The summed E-state index contributed by atoms with van der Waals surface area (Å²) < 4.78 is 0. The molecule has 2 aromatic rings. The van der Waals surface area contributed by atoms with Crippen LogP contribution < -0.4 is 0 Å². The molecule has 0 heterocycles. The topological polar surface area (TPSA) is 37.3 Å². The number of hydrogen-bond acceptors (Lipinski definition) is 2. The van der Waals surface area contributed by atoms with Crippen molar-refractivity contribution in [1.82, 2.24) is 0 Å². The highest BCUT2D eigenvalue weighted by atomic mass is 16.3. The summed E-state index contributed by atoms with van der Waals surface area (Å²) in [6.07, 6.45) is 5.33. The van der Waals surface area contributed by atoms with Crippen LogP contribution in [-0.2, 0) is 15.6 Å². The number of phenols is 1. The third-order valence-corrected chi connectivity index (χ3v) is 8.39. The molecule has 0 aromatic heterocycles. The fraction of sp³-hybridized carbons (Fsp3) is 0.513. The van der Waals surface area contributed by atoms with Crippen LogP contribution in [0.4, 0.5) is 0 Å². The second kappa shape index (κ2) is 11.1. The molecule has 0 saturated carbocycles. The number of carbonyl (C=O) groups is 1. The monoisotopic (exact) mass is 554 g/mol. The Labute approximate surface area is 250 Å². The lowest BCUT2D eigenvalue weighted by Gasteiger charge is -2.32. The fourth-order valence-electron chi connectivity index (χ4n) is 5.52. The van der Waals surface area contributed by atoms with Crippen molar-refractivity contribution in [2.24, 2.45) is 10.8 Å². The van der Waals surface area contributed by atoms with E-state index in [0.29, 0.717) is 11.7 Å². The van der Waals surface area contributed by atoms with Gasteiger partial charge in [-0.15, -0.1) is 0 Å². The predicted octanol–water partition coefficient (Wildman–Crippen LogP) is 10.8. The molecule has 0 bridgehead atoms. The Bertz CT molecular complexity index is 1330. The zero-order chi connectivity index (χ0) is 31.3. The molecule has 1 aliphatic rings. The zero-order valence-electron chi connectivity index (χ0n) is 28.3. The van der Waals surface area contributed by atoms with Crippen LogP contribution in [0.15, 0.2) is 65.3 Å². The van der Waals surface area contributed by atoms with E-state index >= 15 is 0 Å².